The first kappa shape index (κ1) is 16.0. The molecular weight excluding hydrogens is 308 g/mol. The molecule has 1 aliphatic rings. The zero-order valence-corrected chi connectivity index (χ0v) is 13.8. The van der Waals surface area contributed by atoms with Crippen molar-refractivity contribution in [1.82, 2.24) is 14.7 Å². The summed E-state index contributed by atoms with van der Waals surface area (Å²) in [6.07, 6.45) is 0.616. The van der Waals surface area contributed by atoms with E-state index in [0.29, 0.717) is 31.8 Å². The third-order valence-electron chi connectivity index (χ3n) is 3.98. The van der Waals surface area contributed by atoms with Crippen molar-refractivity contribution in [3.8, 4) is 0 Å². The van der Waals surface area contributed by atoms with Crippen molar-refractivity contribution in [1.29, 1.82) is 0 Å². The molecule has 3 rings (SSSR count). The summed E-state index contributed by atoms with van der Waals surface area (Å²) in [6, 6.07) is 9.10. The Hall–Kier alpha value is -2.83. The van der Waals surface area contributed by atoms with Gasteiger partial charge in [-0.15, -0.1) is 0 Å². The molecule has 2 amide bonds. The molecule has 7 nitrogen and oxygen atoms in total. The molecule has 1 N–H and O–H groups in total. The molecule has 24 heavy (non-hydrogen) atoms. The summed E-state index contributed by atoms with van der Waals surface area (Å²) in [5.41, 5.74) is 2.78. The smallest absolute Gasteiger partial charge is 0.356 e. The fourth-order valence-corrected chi connectivity index (χ4v) is 2.85. The number of hydrogen-bond donors (Lipinski definition) is 1. The first-order chi connectivity index (χ1) is 11.6. The predicted octanol–water partition coefficient (Wildman–Crippen LogP) is 2.19. The highest BCUT2D eigenvalue weighted by molar-refractivity contribution is 5.91. The Kier molecular flexibility index (Phi) is 4.50. The van der Waals surface area contributed by atoms with Gasteiger partial charge in [-0.3, -0.25) is 4.68 Å². The van der Waals surface area contributed by atoms with Gasteiger partial charge in [0.05, 0.1) is 18.8 Å². The lowest BCUT2D eigenvalue weighted by molar-refractivity contribution is 0.0511. The zero-order chi connectivity index (χ0) is 17.1. The number of rotatable bonds is 3. The summed E-state index contributed by atoms with van der Waals surface area (Å²) in [5.74, 6) is -0.404. The maximum absolute atomic E-state index is 12.5. The van der Waals surface area contributed by atoms with E-state index in [1.807, 2.05) is 30.3 Å². The number of nitrogens with one attached hydrogen (secondary N) is 1. The Labute approximate surface area is 140 Å². The van der Waals surface area contributed by atoms with Gasteiger partial charge in [-0.1, -0.05) is 18.2 Å². The second-order valence-electron chi connectivity index (χ2n) is 5.59. The third kappa shape index (κ3) is 3.10. The largest absolute Gasteiger partial charge is 0.461 e. The molecule has 0 aliphatic carbocycles. The van der Waals surface area contributed by atoms with Crippen molar-refractivity contribution in [2.24, 2.45) is 7.05 Å². The van der Waals surface area contributed by atoms with E-state index >= 15 is 0 Å². The Morgan fingerprint density at radius 3 is 2.75 bits per heavy atom. The van der Waals surface area contributed by atoms with Crippen LogP contribution in [0.5, 0.6) is 0 Å². The molecule has 1 aromatic heterocycles. The highest BCUT2D eigenvalue weighted by Gasteiger charge is 2.29. The van der Waals surface area contributed by atoms with Crippen molar-refractivity contribution < 1.29 is 14.3 Å². The van der Waals surface area contributed by atoms with Gasteiger partial charge < -0.3 is 15.0 Å². The van der Waals surface area contributed by atoms with Crippen LogP contribution in [-0.2, 0) is 24.8 Å². The van der Waals surface area contributed by atoms with E-state index in [4.69, 9.17) is 4.74 Å². The van der Waals surface area contributed by atoms with Crippen LogP contribution in [0, 0.1) is 0 Å². The molecule has 7 heteroatoms. The minimum atomic E-state index is -0.404. The maximum Gasteiger partial charge on any atom is 0.356 e. The first-order valence-electron chi connectivity index (χ1n) is 7.93. The van der Waals surface area contributed by atoms with Crippen LogP contribution < -0.4 is 5.32 Å². The Balaban J connectivity index is 1.78. The van der Waals surface area contributed by atoms with Gasteiger partial charge in [0.2, 0.25) is 0 Å². The van der Waals surface area contributed by atoms with Gasteiger partial charge in [0, 0.05) is 31.3 Å². The van der Waals surface area contributed by atoms with E-state index in [0.717, 1.165) is 16.9 Å². The number of nitrogens with zero attached hydrogens (tertiary/aromatic N) is 3. The molecule has 0 atom stereocenters. The summed E-state index contributed by atoms with van der Waals surface area (Å²) in [4.78, 5) is 26.3. The van der Waals surface area contributed by atoms with Crippen LogP contribution in [0.4, 0.5) is 10.5 Å². The lowest BCUT2D eigenvalue weighted by atomic mass is 10.1. The normalized spacial score (nSPS) is 13.3. The number of aryl methyl sites for hydroxylation is 1. The monoisotopic (exact) mass is 328 g/mol. The number of anilines is 1. The van der Waals surface area contributed by atoms with Gasteiger partial charge in [-0.05, 0) is 19.1 Å². The number of urea groups is 1. The Bertz CT molecular complexity index is 755. The molecule has 2 aromatic rings. The van der Waals surface area contributed by atoms with E-state index in [1.165, 1.54) is 0 Å². The molecule has 0 saturated carbocycles. The average molecular weight is 328 g/mol. The molecule has 0 fully saturated rings. The molecule has 0 unspecified atom stereocenters. The van der Waals surface area contributed by atoms with Crippen LogP contribution in [-0.4, -0.2) is 39.8 Å². The van der Waals surface area contributed by atoms with Crippen molar-refractivity contribution in [3.63, 3.8) is 0 Å². The molecule has 126 valence electrons. The topological polar surface area (TPSA) is 76.5 Å². The predicted molar refractivity (Wildman–Crippen MR) is 88.7 cm³/mol. The molecule has 0 spiro atoms. The molecule has 2 heterocycles. The van der Waals surface area contributed by atoms with E-state index < -0.39 is 5.97 Å². The fraction of sp³-hybridized carbons (Fsp3) is 0.353. The standard InChI is InChI=1S/C17H20N4O3/c1-3-24-16(22)15-13-11-21(10-9-14(13)19-20(15)2)17(23)18-12-7-5-4-6-8-12/h4-8H,3,9-11H2,1-2H3,(H,18,23). The SMILES string of the molecule is CCOC(=O)c1c2c(nn1C)CCN(C(=O)Nc1ccccc1)C2. The molecular formula is C17H20N4O3. The molecule has 0 saturated heterocycles. The van der Waals surface area contributed by atoms with Gasteiger partial charge >= 0.3 is 12.0 Å². The minimum absolute atomic E-state index is 0.189. The summed E-state index contributed by atoms with van der Waals surface area (Å²) in [5, 5.41) is 7.26. The summed E-state index contributed by atoms with van der Waals surface area (Å²) in [7, 11) is 1.72. The van der Waals surface area contributed by atoms with E-state index in [2.05, 4.69) is 10.4 Å². The van der Waals surface area contributed by atoms with Crippen LogP contribution in [0.2, 0.25) is 0 Å². The summed E-state index contributed by atoms with van der Waals surface area (Å²) >= 11 is 0. The first-order valence-corrected chi connectivity index (χ1v) is 7.93. The number of amides is 2. The van der Waals surface area contributed by atoms with Gasteiger partial charge in [0.15, 0.2) is 5.69 Å². The van der Waals surface area contributed by atoms with Gasteiger partial charge in [-0.25, -0.2) is 9.59 Å². The van der Waals surface area contributed by atoms with Crippen LogP contribution >= 0.6 is 0 Å². The van der Waals surface area contributed by atoms with Crippen molar-refractivity contribution >= 4 is 17.7 Å². The maximum atomic E-state index is 12.5. The van der Waals surface area contributed by atoms with Crippen LogP contribution in [0.3, 0.4) is 0 Å². The molecule has 0 radical (unpaired) electrons. The van der Waals surface area contributed by atoms with Crippen LogP contribution in [0.1, 0.15) is 28.7 Å². The average Bonchev–Trinajstić information content (AvgIpc) is 2.90. The lowest BCUT2D eigenvalue weighted by Gasteiger charge is -2.27. The van der Waals surface area contributed by atoms with E-state index in [1.54, 1.807) is 23.6 Å². The van der Waals surface area contributed by atoms with Gasteiger partial charge in [0.25, 0.3) is 0 Å². The number of carbonyl (C=O) groups is 2. The number of carbonyl (C=O) groups excluding carboxylic acids is 2. The highest BCUT2D eigenvalue weighted by Crippen LogP contribution is 2.23. The van der Waals surface area contributed by atoms with Gasteiger partial charge in [0.1, 0.15) is 0 Å². The molecule has 1 aromatic carbocycles. The lowest BCUT2D eigenvalue weighted by Crippen LogP contribution is -2.39. The van der Waals surface area contributed by atoms with Crippen molar-refractivity contribution in [3.05, 3.63) is 47.3 Å². The quantitative estimate of drug-likeness (QED) is 0.876. The minimum Gasteiger partial charge on any atom is -0.461 e. The summed E-state index contributed by atoms with van der Waals surface area (Å²) < 4.78 is 6.65. The third-order valence-corrected chi connectivity index (χ3v) is 3.98. The second-order valence-corrected chi connectivity index (χ2v) is 5.59. The Morgan fingerprint density at radius 2 is 2.04 bits per heavy atom. The number of esters is 1. The Morgan fingerprint density at radius 1 is 1.29 bits per heavy atom. The van der Waals surface area contributed by atoms with Gasteiger partial charge in [-0.2, -0.15) is 5.10 Å². The van der Waals surface area contributed by atoms with Crippen LogP contribution in [0.25, 0.3) is 0 Å². The molecule has 0 bridgehead atoms. The van der Waals surface area contributed by atoms with Crippen LogP contribution in [0.15, 0.2) is 30.3 Å². The summed E-state index contributed by atoms with van der Waals surface area (Å²) in [6.45, 7) is 2.97. The number of hydrogen-bond acceptors (Lipinski definition) is 4. The fourth-order valence-electron chi connectivity index (χ4n) is 2.85. The van der Waals surface area contributed by atoms with Crippen molar-refractivity contribution in [2.45, 2.75) is 19.9 Å². The second kappa shape index (κ2) is 6.74. The van der Waals surface area contributed by atoms with Crippen molar-refractivity contribution in [2.75, 3.05) is 18.5 Å². The number of para-hydroxylation sites is 1. The number of fused-ring (bicyclic) bond motifs is 1. The number of benzene rings is 1. The zero-order valence-electron chi connectivity index (χ0n) is 13.8. The molecule has 1 aliphatic heterocycles. The van der Waals surface area contributed by atoms with E-state index in [-0.39, 0.29) is 6.03 Å². The number of ether oxygens (including phenoxy) is 1. The highest BCUT2D eigenvalue weighted by atomic mass is 16.5. The number of aromatic nitrogens is 2. The van der Waals surface area contributed by atoms with E-state index in [9.17, 15) is 9.59 Å².